The minimum absolute atomic E-state index is 0.201. The number of hydrogen-bond donors (Lipinski definition) is 2. The molecule has 2 unspecified atom stereocenters. The van der Waals surface area contributed by atoms with Crippen molar-refractivity contribution in [2.45, 2.75) is 33.3 Å². The van der Waals surface area contributed by atoms with Crippen molar-refractivity contribution < 1.29 is 9.90 Å². The van der Waals surface area contributed by atoms with Gasteiger partial charge in [-0.3, -0.25) is 4.79 Å². The zero-order chi connectivity index (χ0) is 12.8. The molecule has 5 heteroatoms. The van der Waals surface area contributed by atoms with Crippen molar-refractivity contribution in [2.75, 3.05) is 6.54 Å². The van der Waals surface area contributed by atoms with E-state index in [1.54, 1.807) is 13.0 Å². The Morgan fingerprint density at radius 2 is 2.18 bits per heavy atom. The molecule has 1 aromatic rings. The molecule has 0 aromatic carbocycles. The molecular weight excluding hydrogens is 218 g/mol. The highest BCUT2D eigenvalue weighted by Crippen LogP contribution is 2.04. The second-order valence-electron chi connectivity index (χ2n) is 4.44. The molecule has 17 heavy (non-hydrogen) atoms. The molecule has 0 aliphatic heterocycles. The van der Waals surface area contributed by atoms with Gasteiger partial charge in [0.2, 0.25) is 0 Å². The summed E-state index contributed by atoms with van der Waals surface area (Å²) in [6.45, 7) is 6.08. The van der Waals surface area contributed by atoms with E-state index in [1.165, 1.54) is 6.33 Å². The molecule has 1 amide bonds. The third-order valence-electron chi connectivity index (χ3n) is 2.39. The molecule has 0 aliphatic rings. The molecule has 1 rings (SSSR count). The first-order chi connectivity index (χ1) is 7.99. The van der Waals surface area contributed by atoms with Gasteiger partial charge in [0.1, 0.15) is 12.0 Å². The van der Waals surface area contributed by atoms with E-state index in [4.69, 9.17) is 0 Å². The Bertz CT molecular complexity index is 380. The molecule has 0 aliphatic carbocycles. The number of aliphatic hydroxyl groups is 1. The van der Waals surface area contributed by atoms with Gasteiger partial charge in [0, 0.05) is 12.2 Å². The molecule has 2 N–H and O–H groups in total. The highest BCUT2D eigenvalue weighted by atomic mass is 16.3. The molecule has 0 fully saturated rings. The number of nitrogens with one attached hydrogen (secondary N) is 1. The van der Waals surface area contributed by atoms with Crippen LogP contribution in [0.25, 0.3) is 0 Å². The summed E-state index contributed by atoms with van der Waals surface area (Å²) in [5.74, 6) is 0.0369. The van der Waals surface area contributed by atoms with E-state index in [0.717, 1.165) is 5.69 Å². The Morgan fingerprint density at radius 1 is 1.47 bits per heavy atom. The Hall–Kier alpha value is -1.49. The van der Waals surface area contributed by atoms with Crippen LogP contribution >= 0.6 is 0 Å². The summed E-state index contributed by atoms with van der Waals surface area (Å²) in [5, 5.41) is 12.0. The summed E-state index contributed by atoms with van der Waals surface area (Å²) < 4.78 is 0. The normalized spacial score (nSPS) is 14.1. The van der Waals surface area contributed by atoms with Crippen LogP contribution in [0.5, 0.6) is 0 Å². The molecule has 0 radical (unpaired) electrons. The first-order valence-corrected chi connectivity index (χ1v) is 5.74. The number of hydrogen-bond acceptors (Lipinski definition) is 4. The second-order valence-corrected chi connectivity index (χ2v) is 4.44. The van der Waals surface area contributed by atoms with E-state index in [-0.39, 0.29) is 17.9 Å². The Balaban J connectivity index is 2.45. The Labute approximate surface area is 101 Å². The predicted molar refractivity (Wildman–Crippen MR) is 64.6 cm³/mol. The van der Waals surface area contributed by atoms with E-state index in [9.17, 15) is 9.90 Å². The van der Waals surface area contributed by atoms with Gasteiger partial charge in [-0.15, -0.1) is 0 Å². The van der Waals surface area contributed by atoms with Gasteiger partial charge in [-0.2, -0.15) is 0 Å². The lowest BCUT2D eigenvalue weighted by Crippen LogP contribution is -2.30. The molecule has 0 bridgehead atoms. The number of carbonyl (C=O) groups is 1. The molecule has 5 nitrogen and oxygen atoms in total. The quantitative estimate of drug-likeness (QED) is 0.798. The molecule has 94 valence electrons. The molecule has 0 spiro atoms. The standard InChI is InChI=1S/C12H19N3O2/c1-8(4-10(3)16)6-13-12(17)11-5-9(2)14-7-15-11/h5,7-8,10,16H,4,6H2,1-3H3,(H,13,17). The van der Waals surface area contributed by atoms with Crippen molar-refractivity contribution in [3.63, 3.8) is 0 Å². The first kappa shape index (κ1) is 13.6. The molecule has 0 saturated carbocycles. The monoisotopic (exact) mass is 237 g/mol. The van der Waals surface area contributed by atoms with Crippen molar-refractivity contribution >= 4 is 5.91 Å². The van der Waals surface area contributed by atoms with Gasteiger partial charge < -0.3 is 10.4 Å². The van der Waals surface area contributed by atoms with Crippen molar-refractivity contribution in [1.82, 2.24) is 15.3 Å². The zero-order valence-electron chi connectivity index (χ0n) is 10.5. The fraction of sp³-hybridized carbons (Fsp3) is 0.583. The number of aromatic nitrogens is 2. The number of nitrogens with zero attached hydrogens (tertiary/aromatic N) is 2. The van der Waals surface area contributed by atoms with Gasteiger partial charge in [-0.1, -0.05) is 6.92 Å². The third kappa shape index (κ3) is 4.91. The van der Waals surface area contributed by atoms with Crippen molar-refractivity contribution in [3.8, 4) is 0 Å². The van der Waals surface area contributed by atoms with Gasteiger partial charge in [0.15, 0.2) is 0 Å². The molecule has 1 aromatic heterocycles. The van der Waals surface area contributed by atoms with Gasteiger partial charge in [-0.25, -0.2) is 9.97 Å². The van der Waals surface area contributed by atoms with Crippen LogP contribution in [0.4, 0.5) is 0 Å². The summed E-state index contributed by atoms with van der Waals surface area (Å²) in [7, 11) is 0. The van der Waals surface area contributed by atoms with Gasteiger partial charge in [0.05, 0.1) is 6.10 Å². The lowest BCUT2D eigenvalue weighted by molar-refractivity contribution is 0.0934. The van der Waals surface area contributed by atoms with E-state index in [2.05, 4.69) is 15.3 Å². The van der Waals surface area contributed by atoms with E-state index < -0.39 is 0 Å². The zero-order valence-corrected chi connectivity index (χ0v) is 10.5. The van der Waals surface area contributed by atoms with E-state index in [0.29, 0.717) is 18.7 Å². The van der Waals surface area contributed by atoms with Crippen LogP contribution in [0.2, 0.25) is 0 Å². The molecular formula is C12H19N3O2. The average Bonchev–Trinajstić information content (AvgIpc) is 2.25. The maximum Gasteiger partial charge on any atom is 0.270 e. The van der Waals surface area contributed by atoms with E-state index >= 15 is 0 Å². The van der Waals surface area contributed by atoms with Crippen LogP contribution in [0.15, 0.2) is 12.4 Å². The average molecular weight is 237 g/mol. The number of aliphatic hydroxyl groups excluding tert-OH is 1. The van der Waals surface area contributed by atoms with Gasteiger partial charge in [-0.05, 0) is 32.3 Å². The highest BCUT2D eigenvalue weighted by molar-refractivity contribution is 5.92. The highest BCUT2D eigenvalue weighted by Gasteiger charge is 2.10. The summed E-state index contributed by atoms with van der Waals surface area (Å²) in [4.78, 5) is 19.6. The summed E-state index contributed by atoms with van der Waals surface area (Å²) in [6, 6.07) is 1.65. The van der Waals surface area contributed by atoms with Crippen molar-refractivity contribution in [3.05, 3.63) is 23.8 Å². The van der Waals surface area contributed by atoms with Crippen LogP contribution in [0.3, 0.4) is 0 Å². The number of rotatable bonds is 5. The Kier molecular flexibility index (Phi) is 5.03. The van der Waals surface area contributed by atoms with Crippen LogP contribution in [0, 0.1) is 12.8 Å². The van der Waals surface area contributed by atoms with Gasteiger partial charge >= 0.3 is 0 Å². The summed E-state index contributed by atoms with van der Waals surface area (Å²) >= 11 is 0. The lowest BCUT2D eigenvalue weighted by atomic mass is 10.0. The molecule has 2 atom stereocenters. The van der Waals surface area contributed by atoms with Crippen LogP contribution < -0.4 is 5.32 Å². The minimum atomic E-state index is -0.344. The minimum Gasteiger partial charge on any atom is -0.393 e. The predicted octanol–water partition coefficient (Wildman–Crippen LogP) is 0.922. The number of aryl methyl sites for hydroxylation is 1. The lowest BCUT2D eigenvalue weighted by Gasteiger charge is -2.13. The first-order valence-electron chi connectivity index (χ1n) is 5.74. The summed E-state index contributed by atoms with van der Waals surface area (Å²) in [5.41, 5.74) is 1.14. The van der Waals surface area contributed by atoms with Crippen LogP contribution in [-0.4, -0.2) is 33.6 Å². The smallest absolute Gasteiger partial charge is 0.270 e. The summed E-state index contributed by atoms with van der Waals surface area (Å²) in [6.07, 6.45) is 1.70. The third-order valence-corrected chi connectivity index (χ3v) is 2.39. The van der Waals surface area contributed by atoms with Crippen molar-refractivity contribution in [2.24, 2.45) is 5.92 Å². The maximum absolute atomic E-state index is 11.7. The molecule has 0 saturated heterocycles. The number of amides is 1. The fourth-order valence-corrected chi connectivity index (χ4v) is 1.60. The Morgan fingerprint density at radius 3 is 2.76 bits per heavy atom. The molecule has 1 heterocycles. The SMILES string of the molecule is Cc1cc(C(=O)NCC(C)CC(C)O)ncn1. The number of carbonyl (C=O) groups excluding carboxylic acids is 1. The fourth-order valence-electron chi connectivity index (χ4n) is 1.60. The van der Waals surface area contributed by atoms with Crippen LogP contribution in [-0.2, 0) is 0 Å². The van der Waals surface area contributed by atoms with Crippen LogP contribution in [0.1, 0.15) is 36.5 Å². The topological polar surface area (TPSA) is 75.1 Å². The largest absolute Gasteiger partial charge is 0.393 e. The maximum atomic E-state index is 11.7. The van der Waals surface area contributed by atoms with E-state index in [1.807, 2.05) is 13.8 Å². The second kappa shape index (κ2) is 6.30. The van der Waals surface area contributed by atoms with Gasteiger partial charge in [0.25, 0.3) is 5.91 Å². The van der Waals surface area contributed by atoms with Crippen molar-refractivity contribution in [1.29, 1.82) is 0 Å².